The average Bonchev–Trinajstić information content (AvgIpc) is 3.13. The van der Waals surface area contributed by atoms with Gasteiger partial charge in [-0.3, -0.25) is 0 Å². The van der Waals surface area contributed by atoms with Gasteiger partial charge in [-0.15, -0.1) is 0 Å². The fourth-order valence-corrected chi connectivity index (χ4v) is 3.22. The first-order valence-corrected chi connectivity index (χ1v) is 7.97. The predicted octanol–water partition coefficient (Wildman–Crippen LogP) is 4.24. The summed E-state index contributed by atoms with van der Waals surface area (Å²) in [5, 5.41) is 11.2. The fraction of sp³-hybridized carbons (Fsp3) is 0.278. The zero-order chi connectivity index (χ0) is 17.0. The summed E-state index contributed by atoms with van der Waals surface area (Å²) in [7, 11) is 0. The van der Waals surface area contributed by atoms with E-state index in [9.17, 15) is 9.90 Å². The summed E-state index contributed by atoms with van der Waals surface area (Å²) in [6.45, 7) is 5.99. The summed E-state index contributed by atoms with van der Waals surface area (Å²) in [5.41, 5.74) is 4.00. The zero-order valence-electron chi connectivity index (χ0n) is 13.7. The van der Waals surface area contributed by atoms with Crippen molar-refractivity contribution in [3.63, 3.8) is 0 Å². The molecule has 6 heteroatoms. The lowest BCUT2D eigenvalue weighted by atomic mass is 10.0. The van der Waals surface area contributed by atoms with E-state index in [1.165, 1.54) is 0 Å². The van der Waals surface area contributed by atoms with Crippen LogP contribution < -0.4 is 0 Å². The minimum atomic E-state index is -1.02. The van der Waals surface area contributed by atoms with Crippen LogP contribution in [0.15, 0.2) is 22.7 Å². The third-order valence-corrected chi connectivity index (χ3v) is 4.33. The maximum Gasteiger partial charge on any atom is 0.354 e. The Labute approximate surface area is 137 Å². The van der Waals surface area contributed by atoms with Crippen molar-refractivity contribution < 1.29 is 14.3 Å². The van der Waals surface area contributed by atoms with Gasteiger partial charge in [-0.1, -0.05) is 20.8 Å². The molecule has 0 fully saturated rings. The number of oxazole rings is 1. The molecule has 4 aromatic rings. The van der Waals surface area contributed by atoms with Gasteiger partial charge in [-0.05, 0) is 24.1 Å². The third-order valence-electron chi connectivity index (χ3n) is 4.33. The highest BCUT2D eigenvalue weighted by atomic mass is 16.4. The van der Waals surface area contributed by atoms with Crippen LogP contribution in [0.1, 0.15) is 48.6 Å². The topological polar surface area (TPSA) is 92.0 Å². The molecule has 0 saturated carbocycles. The normalized spacial score (nSPS) is 12.0. The second kappa shape index (κ2) is 5.06. The van der Waals surface area contributed by atoms with Gasteiger partial charge in [0, 0.05) is 22.2 Å². The minimum Gasteiger partial charge on any atom is -0.477 e. The van der Waals surface area contributed by atoms with Gasteiger partial charge in [0.1, 0.15) is 5.52 Å². The number of carbonyl (C=O) groups is 1. The van der Waals surface area contributed by atoms with Crippen molar-refractivity contribution in [3.05, 3.63) is 35.5 Å². The van der Waals surface area contributed by atoms with Gasteiger partial charge >= 0.3 is 5.97 Å². The number of hydrogen-bond donors (Lipinski definition) is 2. The quantitative estimate of drug-likeness (QED) is 0.588. The van der Waals surface area contributed by atoms with Gasteiger partial charge in [-0.25, -0.2) is 14.8 Å². The van der Waals surface area contributed by atoms with E-state index in [-0.39, 0.29) is 11.6 Å². The summed E-state index contributed by atoms with van der Waals surface area (Å²) in [6, 6.07) is 3.83. The van der Waals surface area contributed by atoms with E-state index in [0.717, 1.165) is 27.3 Å². The van der Waals surface area contributed by atoms with Gasteiger partial charge < -0.3 is 14.5 Å². The molecule has 122 valence electrons. The first-order valence-electron chi connectivity index (χ1n) is 7.97. The Morgan fingerprint density at radius 3 is 2.75 bits per heavy atom. The molecule has 0 amide bonds. The molecule has 0 unspecified atom stereocenters. The Balaban J connectivity index is 2.22. The van der Waals surface area contributed by atoms with Crippen molar-refractivity contribution in [3.8, 4) is 0 Å². The Hall–Kier alpha value is -2.89. The molecule has 24 heavy (non-hydrogen) atoms. The third kappa shape index (κ3) is 1.92. The largest absolute Gasteiger partial charge is 0.477 e. The molecule has 1 aromatic carbocycles. The number of aromatic amines is 1. The number of nitrogens with one attached hydrogen (secondary N) is 1. The van der Waals surface area contributed by atoms with Crippen LogP contribution in [-0.2, 0) is 6.42 Å². The molecule has 0 atom stereocenters. The van der Waals surface area contributed by atoms with Crippen LogP contribution in [0.25, 0.3) is 32.9 Å². The molecule has 3 heterocycles. The molecule has 0 bridgehead atoms. The second-order valence-electron chi connectivity index (χ2n) is 6.20. The maximum absolute atomic E-state index is 11.5. The van der Waals surface area contributed by atoms with Gasteiger partial charge in [-0.2, -0.15) is 0 Å². The molecular formula is C18H17N3O3. The molecule has 0 radical (unpaired) electrons. The van der Waals surface area contributed by atoms with E-state index in [1.54, 1.807) is 6.20 Å². The number of H-pyrrole nitrogens is 1. The van der Waals surface area contributed by atoms with Crippen LogP contribution in [0.3, 0.4) is 0 Å². The number of aryl methyl sites for hydroxylation is 1. The summed E-state index contributed by atoms with van der Waals surface area (Å²) >= 11 is 0. The van der Waals surface area contributed by atoms with Crippen LogP contribution in [0, 0.1) is 0 Å². The molecule has 3 aromatic heterocycles. The molecule has 4 rings (SSSR count). The summed E-state index contributed by atoms with van der Waals surface area (Å²) < 4.78 is 5.85. The number of fused-ring (bicyclic) bond motifs is 5. The van der Waals surface area contributed by atoms with E-state index in [2.05, 4.69) is 15.0 Å². The first-order chi connectivity index (χ1) is 11.5. The van der Waals surface area contributed by atoms with Gasteiger partial charge in [0.05, 0.1) is 11.7 Å². The molecule has 0 aliphatic rings. The minimum absolute atomic E-state index is 0.0930. The van der Waals surface area contributed by atoms with E-state index in [4.69, 9.17) is 4.42 Å². The Morgan fingerprint density at radius 2 is 2.08 bits per heavy atom. The van der Waals surface area contributed by atoms with Crippen LogP contribution in [0.4, 0.5) is 0 Å². The van der Waals surface area contributed by atoms with Crippen molar-refractivity contribution in [2.45, 2.75) is 33.1 Å². The van der Waals surface area contributed by atoms with Gasteiger partial charge in [0.25, 0.3) is 0 Å². The Bertz CT molecular complexity index is 1110. The SMILES string of the molecule is CCc1c(C(=O)O)ncc2[nH]c3ccc4oc(C(C)C)nc4c3c12. The Kier molecular flexibility index (Phi) is 3.09. The molecule has 2 N–H and O–H groups in total. The number of rotatable bonds is 3. The van der Waals surface area contributed by atoms with Crippen molar-refractivity contribution in [2.75, 3.05) is 0 Å². The van der Waals surface area contributed by atoms with E-state index in [1.807, 2.05) is 32.9 Å². The van der Waals surface area contributed by atoms with Crippen molar-refractivity contribution >= 4 is 38.9 Å². The molecule has 0 saturated heterocycles. The molecule has 0 spiro atoms. The molecule has 6 nitrogen and oxygen atoms in total. The van der Waals surface area contributed by atoms with Crippen molar-refractivity contribution in [2.24, 2.45) is 0 Å². The summed E-state index contributed by atoms with van der Waals surface area (Å²) in [6.07, 6.45) is 2.15. The van der Waals surface area contributed by atoms with Gasteiger partial charge in [0.2, 0.25) is 0 Å². The number of benzene rings is 1. The predicted molar refractivity (Wildman–Crippen MR) is 91.6 cm³/mol. The summed E-state index contributed by atoms with van der Waals surface area (Å²) in [4.78, 5) is 23.6. The van der Waals surface area contributed by atoms with E-state index >= 15 is 0 Å². The van der Waals surface area contributed by atoms with Crippen LogP contribution in [0.5, 0.6) is 0 Å². The van der Waals surface area contributed by atoms with Gasteiger partial charge in [0.15, 0.2) is 17.2 Å². The second-order valence-corrected chi connectivity index (χ2v) is 6.20. The molecule has 0 aliphatic heterocycles. The molecular weight excluding hydrogens is 306 g/mol. The number of hydrogen-bond acceptors (Lipinski definition) is 4. The standard InChI is InChI=1S/C18H17N3O3/c1-4-9-13-11(7-19-15(9)18(22)23)20-10-5-6-12-16(14(10)13)21-17(24-12)8(2)3/h5-8,20H,4H2,1-3H3,(H,22,23). The number of carboxylic acid groups (broad SMARTS) is 1. The zero-order valence-corrected chi connectivity index (χ0v) is 13.7. The number of carboxylic acids is 1. The van der Waals surface area contributed by atoms with Crippen molar-refractivity contribution in [1.29, 1.82) is 0 Å². The van der Waals surface area contributed by atoms with E-state index in [0.29, 0.717) is 23.5 Å². The number of nitrogens with zero attached hydrogens (tertiary/aromatic N) is 2. The lowest BCUT2D eigenvalue weighted by molar-refractivity contribution is 0.0689. The smallest absolute Gasteiger partial charge is 0.354 e. The molecule has 0 aliphatic carbocycles. The number of aromatic carboxylic acids is 1. The lowest BCUT2D eigenvalue weighted by Gasteiger charge is -2.04. The monoisotopic (exact) mass is 323 g/mol. The van der Waals surface area contributed by atoms with E-state index < -0.39 is 5.97 Å². The highest BCUT2D eigenvalue weighted by molar-refractivity contribution is 6.20. The lowest BCUT2D eigenvalue weighted by Crippen LogP contribution is -2.05. The maximum atomic E-state index is 11.5. The average molecular weight is 323 g/mol. The first kappa shape index (κ1) is 14.7. The Morgan fingerprint density at radius 1 is 1.29 bits per heavy atom. The highest BCUT2D eigenvalue weighted by Crippen LogP contribution is 2.35. The van der Waals surface area contributed by atoms with Crippen LogP contribution >= 0.6 is 0 Å². The van der Waals surface area contributed by atoms with Crippen LogP contribution in [0.2, 0.25) is 0 Å². The van der Waals surface area contributed by atoms with Crippen molar-refractivity contribution in [1.82, 2.24) is 15.0 Å². The number of aromatic nitrogens is 3. The fourth-order valence-electron chi connectivity index (χ4n) is 3.22. The summed E-state index contributed by atoms with van der Waals surface area (Å²) in [5.74, 6) is -0.157. The van der Waals surface area contributed by atoms with Crippen LogP contribution in [-0.4, -0.2) is 26.0 Å². The highest BCUT2D eigenvalue weighted by Gasteiger charge is 2.21. The number of pyridine rings is 1.